The highest BCUT2D eigenvalue weighted by Crippen LogP contribution is 2.61. The van der Waals surface area contributed by atoms with Crippen molar-refractivity contribution >= 4 is 54.2 Å². The van der Waals surface area contributed by atoms with E-state index in [0.29, 0.717) is 17.8 Å². The van der Waals surface area contributed by atoms with Gasteiger partial charge in [0.2, 0.25) is 0 Å². The summed E-state index contributed by atoms with van der Waals surface area (Å²) in [7, 11) is 0. The van der Waals surface area contributed by atoms with Crippen LogP contribution >= 0.6 is 0 Å². The fourth-order valence-corrected chi connectivity index (χ4v) is 10.2. The number of rotatable bonds is 3. The van der Waals surface area contributed by atoms with Crippen LogP contribution in [-0.2, 0) is 0 Å². The quantitative estimate of drug-likeness (QED) is 0.168. The first-order valence-corrected chi connectivity index (χ1v) is 18.5. The van der Waals surface area contributed by atoms with Crippen LogP contribution in [0.3, 0.4) is 0 Å². The van der Waals surface area contributed by atoms with E-state index in [1.54, 1.807) is 0 Å². The van der Waals surface area contributed by atoms with Gasteiger partial charge in [0, 0.05) is 11.8 Å². The molecule has 0 fully saturated rings. The van der Waals surface area contributed by atoms with Crippen LogP contribution in [0.1, 0.15) is 36.5 Å². The minimum absolute atomic E-state index is 0.339. The summed E-state index contributed by atoms with van der Waals surface area (Å²) in [5, 5.41) is 10.9. The van der Waals surface area contributed by atoms with E-state index in [1.165, 1.54) is 115 Å². The summed E-state index contributed by atoms with van der Waals surface area (Å²) in [5.41, 5.74) is 17.8. The predicted molar refractivity (Wildman–Crippen MR) is 218 cm³/mol. The molecule has 0 nitrogen and oxygen atoms in total. The fourth-order valence-electron chi connectivity index (χ4n) is 10.2. The molecule has 238 valence electrons. The zero-order valence-corrected chi connectivity index (χ0v) is 28.7. The van der Waals surface area contributed by atoms with Crippen molar-refractivity contribution in [3.8, 4) is 44.5 Å². The molecule has 0 saturated carbocycles. The first-order chi connectivity index (χ1) is 25.1. The van der Waals surface area contributed by atoms with Gasteiger partial charge in [-0.1, -0.05) is 147 Å². The van der Waals surface area contributed by atoms with E-state index < -0.39 is 0 Å². The van der Waals surface area contributed by atoms with Crippen molar-refractivity contribution in [2.45, 2.75) is 19.8 Å². The highest BCUT2D eigenvalue weighted by molar-refractivity contribution is 6.33. The minimum Gasteiger partial charge on any atom is -0.0767 e. The topological polar surface area (TPSA) is 0 Å². The van der Waals surface area contributed by atoms with Crippen LogP contribution in [0.2, 0.25) is 0 Å². The smallest absolute Gasteiger partial charge is 0.0200 e. The summed E-state index contributed by atoms with van der Waals surface area (Å²) in [6, 6.07) is 44.3. The van der Waals surface area contributed by atoms with Crippen LogP contribution in [0.5, 0.6) is 0 Å². The Balaban J connectivity index is 1.28. The number of hydrogen-bond donors (Lipinski definition) is 0. The molecule has 0 radical (unpaired) electrons. The Morgan fingerprint density at radius 1 is 0.451 bits per heavy atom. The Labute approximate surface area is 297 Å². The van der Waals surface area contributed by atoms with Gasteiger partial charge in [0.05, 0.1) is 0 Å². The molecule has 0 saturated heterocycles. The average molecular weight is 647 g/mol. The Morgan fingerprint density at radius 3 is 1.65 bits per heavy atom. The number of fused-ring (bicyclic) bond motifs is 7. The third-order valence-electron chi connectivity index (χ3n) is 12.4. The summed E-state index contributed by atoms with van der Waals surface area (Å²) in [6.07, 6.45) is 14.2. The number of hydrogen-bond acceptors (Lipinski definition) is 0. The van der Waals surface area contributed by atoms with Gasteiger partial charge in [-0.05, 0) is 140 Å². The lowest BCUT2D eigenvalue weighted by Gasteiger charge is -2.26. The maximum absolute atomic E-state index is 2.57. The molecule has 0 amide bonds. The first-order valence-electron chi connectivity index (χ1n) is 18.5. The van der Waals surface area contributed by atoms with E-state index in [2.05, 4.69) is 166 Å². The molecule has 12 rings (SSSR count). The molecule has 2 unspecified atom stereocenters. The molecular weight excluding hydrogens is 613 g/mol. The highest BCUT2D eigenvalue weighted by atomic mass is 14.4. The summed E-state index contributed by atoms with van der Waals surface area (Å²) >= 11 is 0. The van der Waals surface area contributed by atoms with Gasteiger partial charge in [-0.2, -0.15) is 0 Å². The van der Waals surface area contributed by atoms with Crippen LogP contribution in [-0.4, -0.2) is 0 Å². The minimum atomic E-state index is 0.339. The second-order valence-corrected chi connectivity index (χ2v) is 15.3. The van der Waals surface area contributed by atoms with E-state index in [1.807, 2.05) is 0 Å². The summed E-state index contributed by atoms with van der Waals surface area (Å²) in [5.74, 6) is 1.18. The van der Waals surface area contributed by atoms with E-state index in [4.69, 9.17) is 0 Å². The van der Waals surface area contributed by atoms with Gasteiger partial charge in [-0.25, -0.2) is 0 Å². The standard InChI is InChI=1S/C51H34/c1-28(2)34-23-33-20-19-32-21-22-36-39-26-42-43(27-40(39)41-25-35(24-34)44(33)48(32)49(36)41)47(31-13-7-4-8-14-31)51-38-18-10-16-29-15-9-17-37(45(29)38)50(51)46(42)30-11-5-3-6-12-30/h3-29,45H,1-2H3. The zero-order valence-electron chi connectivity index (χ0n) is 28.7. The Bertz CT molecular complexity index is 2960. The summed E-state index contributed by atoms with van der Waals surface area (Å²) in [4.78, 5) is 0. The molecule has 2 atom stereocenters. The largest absolute Gasteiger partial charge is 0.0767 e. The van der Waals surface area contributed by atoms with Gasteiger partial charge >= 0.3 is 0 Å². The SMILES string of the molecule is CC(C)c1cc2ccc3ccc4c5c(cc(c1)c2c35)-c1cc2c(-c3ccccc3)c3c(c(-c5ccccc5)c2cc1-4)C1=CC=CC2C=CC=C3C12. The van der Waals surface area contributed by atoms with E-state index in [0.717, 1.165) is 0 Å². The van der Waals surface area contributed by atoms with Gasteiger partial charge in [0.15, 0.2) is 0 Å². The first kappa shape index (κ1) is 27.8. The lowest BCUT2D eigenvalue weighted by molar-refractivity contribution is 0.707. The van der Waals surface area contributed by atoms with Gasteiger partial charge < -0.3 is 0 Å². The number of allylic oxidation sites excluding steroid dienone is 8. The second-order valence-electron chi connectivity index (χ2n) is 15.3. The molecule has 0 aromatic heterocycles. The van der Waals surface area contributed by atoms with Crippen molar-refractivity contribution < 1.29 is 0 Å². The van der Waals surface area contributed by atoms with Crippen molar-refractivity contribution in [2.75, 3.05) is 0 Å². The maximum atomic E-state index is 2.57. The van der Waals surface area contributed by atoms with Crippen molar-refractivity contribution in [1.29, 1.82) is 0 Å². The lowest BCUT2D eigenvalue weighted by Crippen LogP contribution is -2.14. The molecule has 8 aromatic carbocycles. The van der Waals surface area contributed by atoms with Crippen LogP contribution in [0.4, 0.5) is 0 Å². The third-order valence-corrected chi connectivity index (χ3v) is 12.4. The van der Waals surface area contributed by atoms with Gasteiger partial charge in [0.1, 0.15) is 0 Å². The maximum Gasteiger partial charge on any atom is 0.0200 e. The Kier molecular flexibility index (Phi) is 5.36. The molecule has 0 heterocycles. The molecule has 0 heteroatoms. The summed E-state index contributed by atoms with van der Waals surface area (Å²) in [6.45, 7) is 4.61. The molecule has 51 heavy (non-hydrogen) atoms. The van der Waals surface area contributed by atoms with Crippen LogP contribution < -0.4 is 0 Å². The van der Waals surface area contributed by atoms with E-state index in [9.17, 15) is 0 Å². The van der Waals surface area contributed by atoms with E-state index in [-0.39, 0.29) is 0 Å². The van der Waals surface area contributed by atoms with Crippen molar-refractivity contribution in [3.05, 3.63) is 168 Å². The summed E-state index contributed by atoms with van der Waals surface area (Å²) < 4.78 is 0. The van der Waals surface area contributed by atoms with Crippen molar-refractivity contribution in [1.82, 2.24) is 0 Å². The lowest BCUT2D eigenvalue weighted by atomic mass is 9.77. The number of benzene rings is 8. The molecular formula is C51H34. The van der Waals surface area contributed by atoms with Crippen molar-refractivity contribution in [2.24, 2.45) is 11.8 Å². The molecule has 0 N–H and O–H groups in total. The fraction of sp³-hybridized carbons (Fsp3) is 0.0980. The Hall–Kier alpha value is -5.98. The van der Waals surface area contributed by atoms with Gasteiger partial charge in [-0.15, -0.1) is 0 Å². The Morgan fingerprint density at radius 2 is 1.02 bits per heavy atom. The molecule has 4 aliphatic rings. The van der Waals surface area contributed by atoms with Crippen LogP contribution in [0.25, 0.3) is 98.7 Å². The van der Waals surface area contributed by atoms with Crippen LogP contribution in [0.15, 0.2) is 152 Å². The predicted octanol–water partition coefficient (Wildman–Crippen LogP) is 14.0. The molecule has 4 aliphatic carbocycles. The second kappa shape index (κ2) is 9.83. The normalized spacial score (nSPS) is 17.9. The molecule has 0 spiro atoms. The average Bonchev–Trinajstić information content (AvgIpc) is 3.67. The molecule has 0 bridgehead atoms. The third kappa shape index (κ3) is 3.55. The monoisotopic (exact) mass is 646 g/mol. The van der Waals surface area contributed by atoms with Gasteiger partial charge in [-0.3, -0.25) is 0 Å². The molecule has 0 aliphatic heterocycles. The van der Waals surface area contributed by atoms with Crippen molar-refractivity contribution in [3.63, 3.8) is 0 Å². The highest BCUT2D eigenvalue weighted by Gasteiger charge is 2.42. The van der Waals surface area contributed by atoms with E-state index >= 15 is 0 Å². The van der Waals surface area contributed by atoms with Gasteiger partial charge in [0.25, 0.3) is 0 Å². The molecule has 8 aromatic rings. The van der Waals surface area contributed by atoms with Crippen LogP contribution in [0, 0.1) is 11.8 Å². The zero-order chi connectivity index (χ0) is 33.5.